The Bertz CT molecular complexity index is 212. The summed E-state index contributed by atoms with van der Waals surface area (Å²) in [7, 11) is -4.64. The predicted octanol–water partition coefficient (Wildman–Crippen LogP) is 2.38. The molecule has 0 aliphatic carbocycles. The van der Waals surface area contributed by atoms with Gasteiger partial charge in [-0.2, -0.15) is 6.42 Å². The van der Waals surface area contributed by atoms with E-state index in [1.165, 1.54) is 83.5 Å². The molecule has 0 radical (unpaired) electrons. The minimum atomic E-state index is -4.64. The van der Waals surface area contributed by atoms with Crippen LogP contribution in [0.3, 0.4) is 0 Å². The molecule has 6 heteroatoms. The quantitative estimate of drug-likeness (QED) is 0.210. The smallest absolute Gasteiger partial charge is 0.343 e. The molecule has 0 fully saturated rings. The zero-order valence-electron chi connectivity index (χ0n) is 14.8. The van der Waals surface area contributed by atoms with E-state index in [0.717, 1.165) is 6.42 Å². The van der Waals surface area contributed by atoms with Gasteiger partial charge in [-0.3, -0.25) is 0 Å². The van der Waals surface area contributed by atoms with Crippen LogP contribution in [-0.4, -0.2) is 14.7 Å². The molecule has 0 aliphatic heterocycles. The molecule has 0 amide bonds. The Labute approximate surface area is 149 Å². The van der Waals surface area contributed by atoms with E-state index in [9.17, 15) is 0 Å². The van der Waals surface area contributed by atoms with Crippen LogP contribution in [-0.2, 0) is 4.57 Å². The molecule has 0 aromatic rings. The monoisotopic (exact) mass is 330 g/mol. The largest absolute Gasteiger partial charge is 1.00 e. The summed E-state index contributed by atoms with van der Waals surface area (Å²) in [6, 6.07) is 0. The van der Waals surface area contributed by atoms with Gasteiger partial charge in [0.05, 0.1) is 0 Å². The van der Waals surface area contributed by atoms with Gasteiger partial charge in [0.15, 0.2) is 0 Å². The first-order valence-electron chi connectivity index (χ1n) is 8.49. The van der Waals surface area contributed by atoms with Crippen molar-refractivity contribution >= 4 is 7.82 Å². The maximum absolute atomic E-state index is 8.88. The fourth-order valence-electron chi connectivity index (χ4n) is 2.19. The Morgan fingerprint density at radius 3 is 1.14 bits per heavy atom. The number of unbranched alkanes of at least 4 members (excludes halogenated alkanes) is 13. The number of rotatable bonds is 13. The normalized spacial score (nSPS) is 10.6. The molecular weight excluding hydrogens is 294 g/mol. The zero-order valence-corrected chi connectivity index (χ0v) is 15.7. The van der Waals surface area contributed by atoms with Crippen LogP contribution in [0.2, 0.25) is 0 Å². The van der Waals surface area contributed by atoms with E-state index < -0.39 is 7.82 Å². The van der Waals surface area contributed by atoms with Gasteiger partial charge in [0.2, 0.25) is 0 Å². The molecule has 0 aromatic heterocycles. The van der Waals surface area contributed by atoms with Gasteiger partial charge < -0.3 is 21.6 Å². The third-order valence-corrected chi connectivity index (χ3v) is 3.35. The van der Waals surface area contributed by atoms with E-state index in [1.54, 1.807) is 0 Å². The van der Waals surface area contributed by atoms with E-state index in [1.807, 2.05) is 0 Å². The second-order valence-electron chi connectivity index (χ2n) is 5.61. The third-order valence-electron chi connectivity index (χ3n) is 3.35. The molecule has 22 heavy (non-hydrogen) atoms. The van der Waals surface area contributed by atoms with Crippen molar-refractivity contribution in [3.05, 3.63) is 6.92 Å². The van der Waals surface area contributed by atoms with Crippen LogP contribution in [0.4, 0.5) is 0 Å². The van der Waals surface area contributed by atoms with E-state index in [2.05, 4.69) is 13.8 Å². The molecule has 130 valence electrons. The molecular formula is C16H36LiO4P. The van der Waals surface area contributed by atoms with Gasteiger partial charge in [0, 0.05) is 0 Å². The summed E-state index contributed by atoms with van der Waals surface area (Å²) in [5.41, 5.74) is 0. The molecule has 0 heterocycles. The molecule has 0 rings (SSSR count). The standard InChI is InChI=1S/C16H33.Li.H3O4P/c1-3-5-7-9-11-13-15-16-14-12-10-8-6-4-2;;1-5(2,3)4/h1,3-16H2,2H3;;(H3,1,2,3,4)/q-1;+1;. The first-order chi connectivity index (χ1) is 9.91. The van der Waals surface area contributed by atoms with E-state index >= 15 is 0 Å². The summed E-state index contributed by atoms with van der Waals surface area (Å²) in [6.45, 7) is 6.16. The van der Waals surface area contributed by atoms with Crippen LogP contribution in [0.25, 0.3) is 0 Å². The minimum Gasteiger partial charge on any atom is -0.343 e. The molecule has 0 saturated carbocycles. The van der Waals surface area contributed by atoms with Gasteiger partial charge >= 0.3 is 26.7 Å². The molecule has 0 spiro atoms. The molecule has 0 bridgehead atoms. The summed E-state index contributed by atoms with van der Waals surface area (Å²) < 4.78 is 8.88. The van der Waals surface area contributed by atoms with Crippen LogP contribution in [0.5, 0.6) is 0 Å². The molecule has 4 nitrogen and oxygen atoms in total. The van der Waals surface area contributed by atoms with Crippen LogP contribution in [0, 0.1) is 6.92 Å². The maximum Gasteiger partial charge on any atom is 1.00 e. The Morgan fingerprint density at radius 2 is 0.909 bits per heavy atom. The summed E-state index contributed by atoms with van der Waals surface area (Å²) >= 11 is 0. The summed E-state index contributed by atoms with van der Waals surface area (Å²) in [4.78, 5) is 21.6. The number of hydrogen-bond donors (Lipinski definition) is 3. The van der Waals surface area contributed by atoms with Crippen molar-refractivity contribution in [3.8, 4) is 0 Å². The van der Waals surface area contributed by atoms with Crippen molar-refractivity contribution in [3.63, 3.8) is 0 Å². The average Bonchev–Trinajstić information content (AvgIpc) is 2.38. The summed E-state index contributed by atoms with van der Waals surface area (Å²) in [5.74, 6) is 0. The first kappa shape index (κ1) is 27.6. The van der Waals surface area contributed by atoms with Crippen molar-refractivity contribution in [1.29, 1.82) is 0 Å². The minimum absolute atomic E-state index is 0. The fraction of sp³-hybridized carbons (Fsp3) is 0.938. The fourth-order valence-corrected chi connectivity index (χ4v) is 2.19. The molecule has 0 aromatic carbocycles. The molecule has 3 N–H and O–H groups in total. The van der Waals surface area contributed by atoms with Gasteiger partial charge in [-0.1, -0.05) is 90.4 Å². The number of hydrogen-bond acceptors (Lipinski definition) is 1. The van der Waals surface area contributed by atoms with Crippen LogP contribution in [0.15, 0.2) is 0 Å². The van der Waals surface area contributed by atoms with Gasteiger partial charge in [-0.05, 0) is 0 Å². The topological polar surface area (TPSA) is 77.8 Å². The zero-order chi connectivity index (χ0) is 16.4. The van der Waals surface area contributed by atoms with Gasteiger partial charge in [0.1, 0.15) is 0 Å². The van der Waals surface area contributed by atoms with Crippen molar-refractivity contribution in [2.45, 2.75) is 96.8 Å². The van der Waals surface area contributed by atoms with Gasteiger partial charge in [0.25, 0.3) is 0 Å². The molecule has 0 unspecified atom stereocenters. The predicted molar refractivity (Wildman–Crippen MR) is 89.9 cm³/mol. The van der Waals surface area contributed by atoms with E-state index in [4.69, 9.17) is 19.2 Å². The third kappa shape index (κ3) is 42.8. The van der Waals surface area contributed by atoms with Crippen molar-refractivity contribution in [1.82, 2.24) is 0 Å². The SMILES string of the molecule is O=P(O)(O)O.[CH2-]CCCCCCCCCCCCCCC.[Li+]. The first-order valence-corrected chi connectivity index (χ1v) is 10.1. The van der Waals surface area contributed by atoms with Crippen LogP contribution < -0.4 is 18.9 Å². The maximum atomic E-state index is 8.88. The van der Waals surface area contributed by atoms with Crippen molar-refractivity contribution < 1.29 is 38.1 Å². The number of phosphoric acid groups is 1. The summed E-state index contributed by atoms with van der Waals surface area (Å²) in [6.07, 6.45) is 19.8. The Kier molecular flexibility index (Phi) is 27.2. The van der Waals surface area contributed by atoms with Gasteiger partial charge in [-0.25, -0.2) is 4.57 Å². The molecule has 0 aliphatic rings. The second kappa shape index (κ2) is 21.7. The Balaban J connectivity index is -0.000000520. The van der Waals surface area contributed by atoms with Gasteiger partial charge in [-0.15, -0.1) is 0 Å². The molecule has 0 atom stereocenters. The van der Waals surface area contributed by atoms with Crippen LogP contribution in [0.1, 0.15) is 96.8 Å². The van der Waals surface area contributed by atoms with Crippen LogP contribution >= 0.6 is 7.82 Å². The second-order valence-corrected chi connectivity index (χ2v) is 6.64. The summed E-state index contributed by atoms with van der Waals surface area (Å²) in [5, 5.41) is 0. The van der Waals surface area contributed by atoms with E-state index in [0.29, 0.717) is 0 Å². The van der Waals surface area contributed by atoms with E-state index in [-0.39, 0.29) is 18.9 Å². The van der Waals surface area contributed by atoms with Crippen molar-refractivity contribution in [2.75, 3.05) is 0 Å². The Morgan fingerprint density at radius 1 is 0.682 bits per heavy atom. The molecule has 0 saturated heterocycles. The average molecular weight is 330 g/mol. The van der Waals surface area contributed by atoms with Crippen molar-refractivity contribution in [2.24, 2.45) is 0 Å². The Hall–Kier alpha value is 0.707.